The van der Waals surface area contributed by atoms with Crippen molar-refractivity contribution in [3.63, 3.8) is 0 Å². The van der Waals surface area contributed by atoms with E-state index in [1.54, 1.807) is 0 Å². The smallest absolute Gasteiger partial charge is 0.282 e. The van der Waals surface area contributed by atoms with Crippen molar-refractivity contribution in [2.24, 2.45) is 5.11 Å². The van der Waals surface area contributed by atoms with Crippen LogP contribution in [0.4, 0.5) is 0 Å². The molecule has 6 heteroatoms. The van der Waals surface area contributed by atoms with Gasteiger partial charge in [-0.15, -0.1) is 0 Å². The zero-order valence-electron chi connectivity index (χ0n) is 6.53. The fourth-order valence-electron chi connectivity index (χ4n) is 0.984. The number of azide groups is 1. The summed E-state index contributed by atoms with van der Waals surface area (Å²) in [5, 5.41) is 3.53. The number of nitrogens with zero attached hydrogens (tertiary/aromatic N) is 5. The summed E-state index contributed by atoms with van der Waals surface area (Å²) in [5.41, 5.74) is 8.15. The van der Waals surface area contributed by atoms with E-state index in [9.17, 15) is 0 Å². The highest BCUT2D eigenvalue weighted by Crippen LogP contribution is 1.97. The number of rotatable bonds is 0. The van der Waals surface area contributed by atoms with E-state index in [1.165, 1.54) is 0 Å². The highest BCUT2D eigenvalue weighted by molar-refractivity contribution is 5.76. The Balaban J connectivity index is 0.000001000. The van der Waals surface area contributed by atoms with Crippen molar-refractivity contribution in [1.82, 2.24) is 4.90 Å². The number of likely N-dealkylation sites (N-methyl/N-ethyl adjacent to an activating group) is 2. The lowest BCUT2D eigenvalue weighted by molar-refractivity contribution is -0.487. The van der Waals surface area contributed by atoms with Crippen molar-refractivity contribution < 1.29 is 17.0 Å². The van der Waals surface area contributed by atoms with Gasteiger partial charge in [0, 0.05) is 10.0 Å². The predicted octanol–water partition coefficient (Wildman–Crippen LogP) is -2.76. The first-order chi connectivity index (χ1) is 4.75. The van der Waals surface area contributed by atoms with E-state index in [1.807, 2.05) is 23.6 Å². The van der Waals surface area contributed by atoms with E-state index in [0.29, 0.717) is 5.96 Å². The molecule has 1 heterocycles. The first kappa shape index (κ1) is 10.1. The zero-order valence-corrected chi connectivity index (χ0v) is 7.28. The summed E-state index contributed by atoms with van der Waals surface area (Å²) in [6, 6.07) is 0. The number of hydrogen-bond donors (Lipinski definition) is 0. The molecule has 0 bridgehead atoms. The molecule has 0 amide bonds. The second kappa shape index (κ2) is 4.05. The Bertz CT molecular complexity index is 217. The standard InChI is InChI=1S/C5H10N5.ClH/c1-9-3-4-10(2)5(9)7-8-6;/h3-4H2,1-2H3;1H/q+1;/p-1. The van der Waals surface area contributed by atoms with Crippen molar-refractivity contribution in [2.75, 3.05) is 27.2 Å². The van der Waals surface area contributed by atoms with Crippen molar-refractivity contribution >= 4 is 5.96 Å². The van der Waals surface area contributed by atoms with Crippen LogP contribution in [0.5, 0.6) is 0 Å². The summed E-state index contributed by atoms with van der Waals surface area (Å²) in [5.74, 6) is 0.711. The van der Waals surface area contributed by atoms with Gasteiger partial charge in [-0.2, -0.15) is 0 Å². The van der Waals surface area contributed by atoms with Crippen LogP contribution in [-0.4, -0.2) is 42.6 Å². The zero-order chi connectivity index (χ0) is 7.56. The van der Waals surface area contributed by atoms with E-state index in [2.05, 4.69) is 10.0 Å². The van der Waals surface area contributed by atoms with Gasteiger partial charge in [0.15, 0.2) is 0 Å². The second-order valence-electron chi connectivity index (χ2n) is 2.33. The lowest BCUT2D eigenvalue weighted by Crippen LogP contribution is -3.00. The van der Waals surface area contributed by atoms with Gasteiger partial charge in [-0.3, -0.25) is 9.48 Å². The highest BCUT2D eigenvalue weighted by atomic mass is 35.5. The maximum absolute atomic E-state index is 8.15. The fourth-order valence-corrected chi connectivity index (χ4v) is 0.984. The Morgan fingerprint density at radius 1 is 1.73 bits per heavy atom. The first-order valence-corrected chi connectivity index (χ1v) is 3.10. The minimum Gasteiger partial charge on any atom is -1.00 e. The predicted molar refractivity (Wildman–Crippen MR) is 37.8 cm³/mol. The molecule has 0 radical (unpaired) electrons. The molecule has 0 spiro atoms. The molecule has 0 saturated carbocycles. The molecular formula is C5H10ClN5. The van der Waals surface area contributed by atoms with Gasteiger partial charge in [-0.05, 0) is 5.53 Å². The molecule has 1 aliphatic rings. The van der Waals surface area contributed by atoms with E-state index >= 15 is 0 Å². The third kappa shape index (κ3) is 2.00. The molecule has 0 N–H and O–H groups in total. The summed E-state index contributed by atoms with van der Waals surface area (Å²) >= 11 is 0. The molecule has 0 saturated heterocycles. The molecule has 62 valence electrons. The van der Waals surface area contributed by atoms with Gasteiger partial charge in [0.2, 0.25) is 0 Å². The molecular weight excluding hydrogens is 166 g/mol. The average molecular weight is 176 g/mol. The maximum atomic E-state index is 8.15. The van der Waals surface area contributed by atoms with Crippen molar-refractivity contribution in [2.45, 2.75) is 0 Å². The number of hydrogen-bond acceptors (Lipinski definition) is 2. The van der Waals surface area contributed by atoms with Gasteiger partial charge in [-0.1, -0.05) is 0 Å². The molecule has 1 rings (SSSR count). The molecule has 0 atom stereocenters. The monoisotopic (exact) mass is 175 g/mol. The summed E-state index contributed by atoms with van der Waals surface area (Å²) < 4.78 is 1.93. The van der Waals surface area contributed by atoms with Crippen molar-refractivity contribution in [3.8, 4) is 0 Å². The topological polar surface area (TPSA) is 55.0 Å². The highest BCUT2D eigenvalue weighted by Gasteiger charge is 2.18. The lowest BCUT2D eigenvalue weighted by atomic mass is 10.6. The normalized spacial score (nSPS) is 16.0. The van der Waals surface area contributed by atoms with Gasteiger partial charge < -0.3 is 12.4 Å². The Kier molecular flexibility index (Phi) is 3.71. The van der Waals surface area contributed by atoms with Crippen LogP contribution in [-0.2, 0) is 0 Å². The minimum atomic E-state index is 0. The molecule has 0 aromatic rings. The van der Waals surface area contributed by atoms with Gasteiger partial charge in [0.1, 0.15) is 0 Å². The average Bonchev–Trinajstić information content (AvgIpc) is 2.20. The van der Waals surface area contributed by atoms with Crippen molar-refractivity contribution in [1.29, 1.82) is 0 Å². The quantitative estimate of drug-likeness (QED) is 0.170. The largest absolute Gasteiger partial charge is 1.00 e. The Morgan fingerprint density at radius 2 is 2.36 bits per heavy atom. The Morgan fingerprint density at radius 3 is 2.73 bits per heavy atom. The maximum Gasteiger partial charge on any atom is 0.282 e. The molecule has 0 fully saturated rings. The molecule has 1 aliphatic heterocycles. The van der Waals surface area contributed by atoms with Gasteiger partial charge >= 0.3 is 0 Å². The molecule has 11 heavy (non-hydrogen) atoms. The summed E-state index contributed by atoms with van der Waals surface area (Å²) in [6.07, 6.45) is 0. The third-order valence-electron chi connectivity index (χ3n) is 1.59. The van der Waals surface area contributed by atoms with Crippen LogP contribution in [0.1, 0.15) is 0 Å². The third-order valence-corrected chi connectivity index (χ3v) is 1.59. The van der Waals surface area contributed by atoms with Crippen LogP contribution in [0.25, 0.3) is 10.4 Å². The van der Waals surface area contributed by atoms with Crippen LogP contribution in [0.15, 0.2) is 5.11 Å². The van der Waals surface area contributed by atoms with Crippen LogP contribution < -0.4 is 12.4 Å². The van der Waals surface area contributed by atoms with Crippen LogP contribution in [0, 0.1) is 0 Å². The molecule has 0 aromatic heterocycles. The lowest BCUT2D eigenvalue weighted by Gasteiger charge is -2.01. The Labute approximate surface area is 71.3 Å². The van der Waals surface area contributed by atoms with Gasteiger partial charge in [-0.25, -0.2) is 0 Å². The Hall–Kier alpha value is -0.930. The van der Waals surface area contributed by atoms with Gasteiger partial charge in [0.05, 0.1) is 27.2 Å². The summed E-state index contributed by atoms with van der Waals surface area (Å²) in [6.45, 7) is 1.87. The van der Waals surface area contributed by atoms with Crippen LogP contribution >= 0.6 is 0 Å². The van der Waals surface area contributed by atoms with E-state index in [-0.39, 0.29) is 12.4 Å². The second-order valence-corrected chi connectivity index (χ2v) is 2.33. The number of guanidine groups is 1. The summed E-state index contributed by atoms with van der Waals surface area (Å²) in [4.78, 5) is 4.65. The molecule has 0 aliphatic carbocycles. The van der Waals surface area contributed by atoms with E-state index < -0.39 is 0 Å². The number of halogens is 1. The van der Waals surface area contributed by atoms with Crippen molar-refractivity contribution in [3.05, 3.63) is 10.4 Å². The summed E-state index contributed by atoms with van der Waals surface area (Å²) in [7, 11) is 3.82. The fraction of sp³-hybridized carbons (Fsp3) is 0.800. The minimum absolute atomic E-state index is 0. The molecule has 5 nitrogen and oxygen atoms in total. The van der Waals surface area contributed by atoms with E-state index in [4.69, 9.17) is 5.53 Å². The molecule has 0 unspecified atom stereocenters. The first-order valence-electron chi connectivity index (χ1n) is 3.10. The SMILES string of the molecule is CN1CC[N+](C)=C1N=[N+]=[N-].[Cl-]. The van der Waals surface area contributed by atoms with Crippen LogP contribution in [0.2, 0.25) is 0 Å². The molecule has 0 aromatic carbocycles. The van der Waals surface area contributed by atoms with Crippen LogP contribution in [0.3, 0.4) is 0 Å². The van der Waals surface area contributed by atoms with Gasteiger partial charge in [0.25, 0.3) is 5.96 Å². The van der Waals surface area contributed by atoms with E-state index in [0.717, 1.165) is 13.1 Å².